The lowest BCUT2D eigenvalue weighted by atomic mass is 10.2. The van der Waals surface area contributed by atoms with E-state index >= 15 is 0 Å². The van der Waals surface area contributed by atoms with Gasteiger partial charge in [0.2, 0.25) is 0 Å². The molecule has 0 aliphatic rings. The van der Waals surface area contributed by atoms with E-state index in [1.165, 1.54) is 5.56 Å². The predicted molar refractivity (Wildman–Crippen MR) is 72.1 cm³/mol. The van der Waals surface area contributed by atoms with Crippen molar-refractivity contribution in [1.82, 2.24) is 0 Å². The Kier molecular flexibility index (Phi) is 3.81. The van der Waals surface area contributed by atoms with E-state index in [4.69, 9.17) is 4.74 Å². The third kappa shape index (κ3) is 3.38. The van der Waals surface area contributed by atoms with Crippen LogP contribution in [0.3, 0.4) is 0 Å². The summed E-state index contributed by atoms with van der Waals surface area (Å²) >= 11 is 0. The van der Waals surface area contributed by atoms with Gasteiger partial charge >= 0.3 is 0 Å². The number of benzene rings is 2. The van der Waals surface area contributed by atoms with Gasteiger partial charge in [-0.1, -0.05) is 30.3 Å². The summed E-state index contributed by atoms with van der Waals surface area (Å²) in [6, 6.07) is 18.0. The first-order valence-electron chi connectivity index (χ1n) is 5.51. The van der Waals surface area contributed by atoms with Gasteiger partial charge in [-0.3, -0.25) is 0 Å². The smallest absolute Gasteiger partial charge is 0.119 e. The summed E-state index contributed by atoms with van der Waals surface area (Å²) in [5, 5.41) is 3.21. The minimum absolute atomic E-state index is 0.864. The molecule has 1 N–H and O–H groups in total. The molecule has 17 heavy (non-hydrogen) atoms. The van der Waals surface area contributed by atoms with Gasteiger partial charge in [-0.05, 0) is 35.9 Å². The second kappa shape index (κ2) is 5.75. The molecule has 0 saturated heterocycles. The minimum atomic E-state index is 0.864. The summed E-state index contributed by atoms with van der Waals surface area (Å²) in [6.45, 7) is 0. The van der Waals surface area contributed by atoms with E-state index in [1.807, 2.05) is 54.7 Å². The summed E-state index contributed by atoms with van der Waals surface area (Å²) < 4.78 is 5.10. The Morgan fingerprint density at radius 2 is 1.65 bits per heavy atom. The molecule has 0 heterocycles. The largest absolute Gasteiger partial charge is 0.497 e. The molecule has 2 nitrogen and oxygen atoms in total. The molecule has 2 rings (SSSR count). The highest BCUT2D eigenvalue weighted by Gasteiger charge is 1.90. The lowest BCUT2D eigenvalue weighted by Crippen LogP contribution is -1.87. The van der Waals surface area contributed by atoms with Crippen LogP contribution in [-0.2, 0) is 0 Å². The lowest BCUT2D eigenvalue weighted by molar-refractivity contribution is 0.415. The van der Waals surface area contributed by atoms with Crippen molar-refractivity contribution in [2.24, 2.45) is 0 Å². The predicted octanol–water partition coefficient (Wildman–Crippen LogP) is 3.78. The molecule has 0 amide bonds. The lowest BCUT2D eigenvalue weighted by Gasteiger charge is -2.02. The van der Waals surface area contributed by atoms with Crippen LogP contribution in [0.4, 0.5) is 5.69 Å². The van der Waals surface area contributed by atoms with Crippen molar-refractivity contribution < 1.29 is 4.74 Å². The van der Waals surface area contributed by atoms with Crippen LogP contribution >= 0.6 is 0 Å². The van der Waals surface area contributed by atoms with Crippen molar-refractivity contribution in [2.45, 2.75) is 0 Å². The van der Waals surface area contributed by atoms with E-state index < -0.39 is 0 Å². The maximum atomic E-state index is 5.10. The van der Waals surface area contributed by atoms with Gasteiger partial charge in [0.25, 0.3) is 0 Å². The molecule has 0 bridgehead atoms. The molecule has 0 atom stereocenters. The first kappa shape index (κ1) is 11.3. The van der Waals surface area contributed by atoms with Crippen molar-refractivity contribution in [3.05, 3.63) is 66.4 Å². The maximum Gasteiger partial charge on any atom is 0.119 e. The van der Waals surface area contributed by atoms with E-state index in [2.05, 4.69) is 17.4 Å². The summed E-state index contributed by atoms with van der Waals surface area (Å²) in [5.74, 6) is 0.864. The quantitative estimate of drug-likeness (QED) is 0.855. The molecule has 0 radical (unpaired) electrons. The molecule has 2 heteroatoms. The summed E-state index contributed by atoms with van der Waals surface area (Å²) in [7, 11) is 1.66. The Hall–Kier alpha value is -2.22. The third-order valence-corrected chi connectivity index (χ3v) is 2.42. The molecule has 0 unspecified atom stereocenters. The normalized spacial score (nSPS) is 10.4. The van der Waals surface area contributed by atoms with Gasteiger partial charge in [0.1, 0.15) is 5.75 Å². The van der Waals surface area contributed by atoms with Gasteiger partial charge in [0.15, 0.2) is 0 Å². The average molecular weight is 225 g/mol. The zero-order valence-corrected chi connectivity index (χ0v) is 9.76. The van der Waals surface area contributed by atoms with Crippen LogP contribution in [0.2, 0.25) is 0 Å². The number of ether oxygens (including phenoxy) is 1. The van der Waals surface area contributed by atoms with Crippen LogP contribution in [0, 0.1) is 0 Å². The van der Waals surface area contributed by atoms with Crippen molar-refractivity contribution in [3.8, 4) is 5.75 Å². The van der Waals surface area contributed by atoms with Crippen molar-refractivity contribution in [1.29, 1.82) is 0 Å². The van der Waals surface area contributed by atoms with Crippen LogP contribution in [0.15, 0.2) is 60.8 Å². The fraction of sp³-hybridized carbons (Fsp3) is 0.0667. The minimum Gasteiger partial charge on any atom is -0.497 e. The fourth-order valence-electron chi connectivity index (χ4n) is 1.49. The molecule has 0 aliphatic carbocycles. The van der Waals surface area contributed by atoms with Crippen LogP contribution in [0.1, 0.15) is 5.56 Å². The topological polar surface area (TPSA) is 21.3 Å². The highest BCUT2D eigenvalue weighted by molar-refractivity contribution is 5.55. The second-order valence-electron chi connectivity index (χ2n) is 3.62. The second-order valence-corrected chi connectivity index (χ2v) is 3.62. The molecule has 86 valence electrons. The number of hydrogen-bond acceptors (Lipinski definition) is 2. The van der Waals surface area contributed by atoms with Crippen molar-refractivity contribution in [2.75, 3.05) is 12.4 Å². The van der Waals surface area contributed by atoms with Gasteiger partial charge in [-0.15, -0.1) is 0 Å². The van der Waals surface area contributed by atoms with E-state index in [-0.39, 0.29) is 0 Å². The van der Waals surface area contributed by atoms with Crippen LogP contribution in [0.5, 0.6) is 5.75 Å². The fourth-order valence-corrected chi connectivity index (χ4v) is 1.49. The molecule has 0 aromatic heterocycles. The van der Waals surface area contributed by atoms with Crippen LogP contribution in [0.25, 0.3) is 6.08 Å². The van der Waals surface area contributed by atoms with E-state index in [0.29, 0.717) is 0 Å². The molecule has 0 spiro atoms. The summed E-state index contributed by atoms with van der Waals surface area (Å²) in [5.41, 5.74) is 2.21. The Bertz CT molecular complexity index is 474. The molecule has 2 aromatic carbocycles. The number of methoxy groups -OCH3 is 1. The molecular formula is C15H15NO. The molecule has 0 fully saturated rings. The van der Waals surface area contributed by atoms with E-state index in [0.717, 1.165) is 11.4 Å². The standard InChI is InChI=1S/C15H15NO/c1-17-15-9-7-14(8-10-15)16-12-11-13-5-3-2-4-6-13/h2-12,16H,1H3. The Morgan fingerprint density at radius 3 is 2.29 bits per heavy atom. The van der Waals surface area contributed by atoms with Gasteiger partial charge in [-0.25, -0.2) is 0 Å². The van der Waals surface area contributed by atoms with E-state index in [1.54, 1.807) is 7.11 Å². The summed E-state index contributed by atoms with van der Waals surface area (Å²) in [6.07, 6.45) is 3.96. The Balaban J connectivity index is 1.95. The van der Waals surface area contributed by atoms with Crippen LogP contribution in [-0.4, -0.2) is 7.11 Å². The molecule has 0 aliphatic heterocycles. The SMILES string of the molecule is COc1ccc(NC=Cc2ccccc2)cc1. The first-order valence-corrected chi connectivity index (χ1v) is 5.51. The number of rotatable bonds is 4. The zero-order valence-electron chi connectivity index (χ0n) is 9.76. The van der Waals surface area contributed by atoms with Gasteiger partial charge in [0, 0.05) is 11.9 Å². The Labute approximate surface area is 102 Å². The molecular weight excluding hydrogens is 210 g/mol. The highest BCUT2D eigenvalue weighted by Crippen LogP contribution is 2.15. The molecule has 2 aromatic rings. The maximum absolute atomic E-state index is 5.10. The third-order valence-electron chi connectivity index (χ3n) is 2.42. The van der Waals surface area contributed by atoms with Gasteiger partial charge in [-0.2, -0.15) is 0 Å². The van der Waals surface area contributed by atoms with E-state index in [9.17, 15) is 0 Å². The van der Waals surface area contributed by atoms with Crippen molar-refractivity contribution >= 4 is 11.8 Å². The average Bonchev–Trinajstić information content (AvgIpc) is 2.41. The molecule has 0 saturated carbocycles. The number of anilines is 1. The summed E-state index contributed by atoms with van der Waals surface area (Å²) in [4.78, 5) is 0. The number of hydrogen-bond donors (Lipinski definition) is 1. The van der Waals surface area contributed by atoms with Crippen LogP contribution < -0.4 is 10.1 Å². The highest BCUT2D eigenvalue weighted by atomic mass is 16.5. The zero-order chi connectivity index (χ0) is 11.9. The van der Waals surface area contributed by atoms with Gasteiger partial charge < -0.3 is 10.1 Å². The Morgan fingerprint density at radius 1 is 0.941 bits per heavy atom. The number of nitrogens with one attached hydrogen (secondary N) is 1. The monoisotopic (exact) mass is 225 g/mol. The van der Waals surface area contributed by atoms with Crippen molar-refractivity contribution in [3.63, 3.8) is 0 Å². The van der Waals surface area contributed by atoms with Gasteiger partial charge in [0.05, 0.1) is 7.11 Å². The first-order chi connectivity index (χ1) is 8.38.